The van der Waals surface area contributed by atoms with E-state index in [0.29, 0.717) is 60.9 Å². The van der Waals surface area contributed by atoms with Crippen LogP contribution >= 0.6 is 11.6 Å². The molecule has 6 rings (SSSR count). The molecule has 2 saturated heterocycles. The monoisotopic (exact) mass is 676 g/mol. The lowest BCUT2D eigenvalue weighted by Gasteiger charge is -2.15. The number of hydrogen-bond acceptors (Lipinski definition) is 9. The predicted octanol–water partition coefficient (Wildman–Crippen LogP) is 4.63. The van der Waals surface area contributed by atoms with Crippen molar-refractivity contribution in [3.8, 4) is 28.4 Å². The largest absolute Gasteiger partial charge is 0.481 e. The Labute approximate surface area is 281 Å². The number of anilines is 2. The smallest absolute Gasteiger partial charge is 0.220 e. The topological polar surface area (TPSA) is 142 Å². The molecule has 2 amide bonds. The zero-order valence-electron chi connectivity index (χ0n) is 26.2. The van der Waals surface area contributed by atoms with Crippen LogP contribution < -0.4 is 31.3 Å². The Bertz CT molecular complexity index is 1830. The number of ether oxygens (including phenoxy) is 1. The van der Waals surface area contributed by atoms with Gasteiger partial charge in [-0.1, -0.05) is 29.8 Å². The number of carbonyl (C=O) groups is 2. The predicted molar refractivity (Wildman–Crippen MR) is 178 cm³/mol. The molecule has 2 aliphatic rings. The standard InChI is InChI=1S/C34H35ClF2N8O3/c1-48-34-20(16-39-18-22-7-10-28(47)43-22)5-8-25(45-34)23-12-14-40-32(31(23)37)24-3-2-4-26(29(24)35)44-33-30(36)19(11-13-41-33)15-38-17-21-6-9-27(46)42-21/h2-5,8,11-14,21-22,38-39H,6-7,9-10,15-18H2,1H3,(H,41,44)(H,42,46)(H,43,47)/t21-,22-/m0/s1. The van der Waals surface area contributed by atoms with Gasteiger partial charge in [0.15, 0.2) is 17.5 Å². The van der Waals surface area contributed by atoms with Gasteiger partial charge in [-0.2, -0.15) is 0 Å². The minimum atomic E-state index is -0.634. The summed E-state index contributed by atoms with van der Waals surface area (Å²) in [7, 11) is 1.50. The average Bonchev–Trinajstić information content (AvgIpc) is 3.70. The van der Waals surface area contributed by atoms with Crippen LogP contribution in [0.4, 0.5) is 20.3 Å². The molecule has 0 saturated carbocycles. The summed E-state index contributed by atoms with van der Waals surface area (Å²) in [6.45, 7) is 1.83. The maximum absolute atomic E-state index is 16.1. The summed E-state index contributed by atoms with van der Waals surface area (Å²) < 4.78 is 37.1. The zero-order chi connectivity index (χ0) is 33.6. The molecule has 1 aromatic carbocycles. The van der Waals surface area contributed by atoms with Crippen LogP contribution in [-0.2, 0) is 22.7 Å². The lowest BCUT2D eigenvalue weighted by molar-refractivity contribution is -0.120. The maximum atomic E-state index is 16.1. The van der Waals surface area contributed by atoms with Gasteiger partial charge in [0, 0.05) is 85.8 Å². The van der Waals surface area contributed by atoms with Gasteiger partial charge in [-0.05, 0) is 37.1 Å². The molecule has 0 bridgehead atoms. The highest BCUT2D eigenvalue weighted by Crippen LogP contribution is 2.38. The number of pyridine rings is 3. The van der Waals surface area contributed by atoms with E-state index >= 15 is 8.78 Å². The third-order valence-electron chi connectivity index (χ3n) is 8.36. The Morgan fingerprint density at radius 3 is 2.21 bits per heavy atom. The van der Waals surface area contributed by atoms with Crippen molar-refractivity contribution in [2.24, 2.45) is 0 Å². The summed E-state index contributed by atoms with van der Waals surface area (Å²) >= 11 is 6.76. The van der Waals surface area contributed by atoms with Crippen LogP contribution in [-0.4, -0.2) is 59.0 Å². The summed E-state index contributed by atoms with van der Waals surface area (Å²) in [5, 5.41) is 15.4. The number of amides is 2. The van der Waals surface area contributed by atoms with Gasteiger partial charge in [-0.3, -0.25) is 14.6 Å². The van der Waals surface area contributed by atoms with Gasteiger partial charge in [0.25, 0.3) is 0 Å². The van der Waals surface area contributed by atoms with Crippen molar-refractivity contribution in [1.82, 2.24) is 36.2 Å². The minimum Gasteiger partial charge on any atom is -0.481 e. The van der Waals surface area contributed by atoms with E-state index < -0.39 is 11.6 Å². The van der Waals surface area contributed by atoms with Crippen molar-refractivity contribution < 1.29 is 23.1 Å². The number of hydrogen-bond donors (Lipinski definition) is 5. The molecule has 2 aliphatic heterocycles. The van der Waals surface area contributed by atoms with Gasteiger partial charge < -0.3 is 31.3 Å². The molecule has 48 heavy (non-hydrogen) atoms. The van der Waals surface area contributed by atoms with E-state index in [0.717, 1.165) is 18.4 Å². The molecule has 2 atom stereocenters. The molecule has 0 radical (unpaired) electrons. The molecular formula is C34H35ClF2N8O3. The fourth-order valence-electron chi connectivity index (χ4n) is 5.83. The molecule has 3 aromatic heterocycles. The lowest BCUT2D eigenvalue weighted by Crippen LogP contribution is -2.35. The third kappa shape index (κ3) is 7.53. The SMILES string of the molecule is COc1nc(-c2ccnc(-c3cccc(Nc4nccc(CNC[C@@H]5CCC(=O)N5)c4F)c3Cl)c2F)ccc1CNC[C@@H]1CCC(=O)N1. The number of carbonyl (C=O) groups excluding carboxylic acids is 2. The first-order chi connectivity index (χ1) is 23.3. The first kappa shape index (κ1) is 33.2. The van der Waals surface area contributed by atoms with Gasteiger partial charge in [0.05, 0.1) is 23.5 Å². The quantitative estimate of drug-likeness (QED) is 0.137. The van der Waals surface area contributed by atoms with Crippen LogP contribution in [0.5, 0.6) is 5.88 Å². The number of halogens is 3. The highest BCUT2D eigenvalue weighted by Gasteiger charge is 2.23. The van der Waals surface area contributed by atoms with Gasteiger partial charge in [-0.15, -0.1) is 0 Å². The second kappa shape index (κ2) is 15.0. The van der Waals surface area contributed by atoms with Crippen molar-refractivity contribution in [2.75, 3.05) is 25.5 Å². The van der Waals surface area contributed by atoms with Crippen LogP contribution in [0.15, 0.2) is 54.9 Å². The van der Waals surface area contributed by atoms with E-state index in [1.54, 1.807) is 30.3 Å². The molecule has 0 aliphatic carbocycles. The normalized spacial score (nSPS) is 17.3. The van der Waals surface area contributed by atoms with Crippen LogP contribution in [0.3, 0.4) is 0 Å². The van der Waals surface area contributed by atoms with Crippen LogP contribution in [0.2, 0.25) is 5.02 Å². The average molecular weight is 677 g/mol. The van der Waals surface area contributed by atoms with E-state index in [1.165, 1.54) is 25.6 Å². The summed E-state index contributed by atoms with van der Waals surface area (Å²) in [6, 6.07) is 11.7. The Morgan fingerprint density at radius 1 is 0.854 bits per heavy atom. The number of aromatic nitrogens is 3. The number of benzene rings is 1. The highest BCUT2D eigenvalue weighted by molar-refractivity contribution is 6.36. The van der Waals surface area contributed by atoms with Gasteiger partial charge in [0.1, 0.15) is 5.69 Å². The Balaban J connectivity index is 1.17. The Morgan fingerprint density at radius 2 is 1.54 bits per heavy atom. The molecular weight excluding hydrogens is 642 g/mol. The van der Waals surface area contributed by atoms with Crippen molar-refractivity contribution in [3.63, 3.8) is 0 Å². The Kier molecular flexibility index (Phi) is 10.4. The zero-order valence-corrected chi connectivity index (χ0v) is 27.0. The molecule has 0 spiro atoms. The van der Waals surface area contributed by atoms with E-state index in [4.69, 9.17) is 16.3 Å². The number of methoxy groups -OCH3 is 1. The van der Waals surface area contributed by atoms with Crippen LogP contribution in [0.25, 0.3) is 22.5 Å². The molecule has 4 aromatic rings. The van der Waals surface area contributed by atoms with E-state index in [2.05, 4.69) is 41.5 Å². The minimum absolute atomic E-state index is 0.00310. The van der Waals surface area contributed by atoms with Crippen molar-refractivity contribution in [1.29, 1.82) is 0 Å². The second-order valence-corrected chi connectivity index (χ2v) is 12.1. The van der Waals surface area contributed by atoms with Gasteiger partial charge >= 0.3 is 0 Å². The van der Waals surface area contributed by atoms with E-state index in [1.807, 2.05) is 6.07 Å². The summed E-state index contributed by atoms with van der Waals surface area (Å²) in [4.78, 5) is 35.9. The molecule has 250 valence electrons. The second-order valence-electron chi connectivity index (χ2n) is 11.7. The van der Waals surface area contributed by atoms with E-state index in [-0.39, 0.29) is 52.5 Å². The molecule has 5 heterocycles. The third-order valence-corrected chi connectivity index (χ3v) is 8.76. The molecule has 0 unspecified atom stereocenters. The van der Waals surface area contributed by atoms with Crippen molar-refractivity contribution >= 4 is 34.9 Å². The van der Waals surface area contributed by atoms with Crippen LogP contribution in [0, 0.1) is 11.6 Å². The highest BCUT2D eigenvalue weighted by atomic mass is 35.5. The number of nitrogens with zero attached hydrogens (tertiary/aromatic N) is 3. The summed E-state index contributed by atoms with van der Waals surface area (Å²) in [5.74, 6) is -0.810. The Hall–Kier alpha value is -4.72. The van der Waals surface area contributed by atoms with Crippen molar-refractivity contribution in [2.45, 2.75) is 50.9 Å². The fourth-order valence-corrected chi connectivity index (χ4v) is 6.09. The molecule has 2 fully saturated rings. The summed E-state index contributed by atoms with van der Waals surface area (Å²) in [5.41, 5.74) is 2.32. The first-order valence-electron chi connectivity index (χ1n) is 15.7. The molecule has 14 heteroatoms. The fraction of sp³-hybridized carbons (Fsp3) is 0.324. The molecule has 5 N–H and O–H groups in total. The molecule has 11 nitrogen and oxygen atoms in total. The summed E-state index contributed by atoms with van der Waals surface area (Å²) in [6.07, 6.45) is 5.51. The van der Waals surface area contributed by atoms with Crippen LogP contribution in [0.1, 0.15) is 36.8 Å². The number of rotatable bonds is 13. The van der Waals surface area contributed by atoms with Gasteiger partial charge in [-0.25, -0.2) is 18.7 Å². The van der Waals surface area contributed by atoms with Crippen molar-refractivity contribution in [3.05, 3.63) is 82.6 Å². The van der Waals surface area contributed by atoms with E-state index in [9.17, 15) is 9.59 Å². The maximum Gasteiger partial charge on any atom is 0.220 e. The lowest BCUT2D eigenvalue weighted by atomic mass is 10.0. The number of nitrogens with one attached hydrogen (secondary N) is 5. The van der Waals surface area contributed by atoms with Gasteiger partial charge in [0.2, 0.25) is 17.7 Å². The first-order valence-corrected chi connectivity index (χ1v) is 16.1.